The smallest absolute Gasteiger partial charge is 0.277 e. The van der Waals surface area contributed by atoms with E-state index in [0.29, 0.717) is 22.8 Å². The van der Waals surface area contributed by atoms with Crippen LogP contribution in [-0.4, -0.2) is 32.9 Å². The van der Waals surface area contributed by atoms with Gasteiger partial charge in [-0.2, -0.15) is 5.10 Å². The molecule has 0 aliphatic rings. The molecule has 0 aliphatic heterocycles. The Kier molecular flexibility index (Phi) is 6.82. The largest absolute Gasteiger partial charge is 0.497 e. The predicted octanol–water partition coefficient (Wildman–Crippen LogP) is 3.53. The molecule has 2 aromatic carbocycles. The van der Waals surface area contributed by atoms with Crippen LogP contribution in [0.2, 0.25) is 0 Å². The van der Waals surface area contributed by atoms with Gasteiger partial charge >= 0.3 is 0 Å². The molecule has 1 N–H and O–H groups in total. The molecule has 144 valence electrons. The lowest BCUT2D eigenvalue weighted by atomic mass is 9.87. The van der Waals surface area contributed by atoms with E-state index in [1.54, 1.807) is 32.4 Å². The highest BCUT2D eigenvalue weighted by Crippen LogP contribution is 2.24. The first kappa shape index (κ1) is 20.3. The Morgan fingerprint density at radius 2 is 1.70 bits per heavy atom. The van der Waals surface area contributed by atoms with Crippen LogP contribution in [-0.2, 0) is 10.2 Å². The van der Waals surface area contributed by atoms with Gasteiger partial charge in [-0.3, -0.25) is 4.79 Å². The Morgan fingerprint density at radius 1 is 1.04 bits per heavy atom. The predicted molar refractivity (Wildman–Crippen MR) is 106 cm³/mol. The highest BCUT2D eigenvalue weighted by molar-refractivity contribution is 5.86. The Balaban J connectivity index is 1.88. The van der Waals surface area contributed by atoms with Crippen molar-refractivity contribution in [3.63, 3.8) is 0 Å². The van der Waals surface area contributed by atoms with E-state index in [0.717, 1.165) is 0 Å². The first-order valence-corrected chi connectivity index (χ1v) is 8.61. The van der Waals surface area contributed by atoms with Crippen LogP contribution < -0.4 is 19.6 Å². The van der Waals surface area contributed by atoms with Crippen LogP contribution >= 0.6 is 0 Å². The molecule has 0 heterocycles. The fourth-order valence-electron chi connectivity index (χ4n) is 2.35. The maximum atomic E-state index is 11.9. The number of methoxy groups -OCH3 is 2. The van der Waals surface area contributed by atoms with Gasteiger partial charge in [0.15, 0.2) is 6.61 Å². The molecule has 0 unspecified atom stereocenters. The van der Waals surface area contributed by atoms with Gasteiger partial charge in [0.1, 0.15) is 17.2 Å². The fraction of sp³-hybridized carbons (Fsp3) is 0.333. The van der Waals surface area contributed by atoms with Crippen molar-refractivity contribution in [1.82, 2.24) is 5.43 Å². The van der Waals surface area contributed by atoms with E-state index in [4.69, 9.17) is 14.2 Å². The second kappa shape index (κ2) is 9.07. The standard InChI is InChI=1S/C21H26N2O4/c1-21(2,3)16-6-8-17(9-7-16)27-14-20(24)23-22-13-15-12-18(25-4)10-11-19(15)26-5/h6-13H,14H2,1-5H3,(H,23,24)/b22-13+. The van der Waals surface area contributed by atoms with E-state index < -0.39 is 0 Å². The molecule has 0 spiro atoms. The van der Waals surface area contributed by atoms with Crippen LogP contribution in [0.1, 0.15) is 31.9 Å². The number of nitrogens with one attached hydrogen (secondary N) is 1. The molecule has 0 aliphatic carbocycles. The van der Waals surface area contributed by atoms with Crippen molar-refractivity contribution < 1.29 is 19.0 Å². The van der Waals surface area contributed by atoms with Gasteiger partial charge in [-0.25, -0.2) is 5.43 Å². The quantitative estimate of drug-likeness (QED) is 0.598. The van der Waals surface area contributed by atoms with Crippen molar-refractivity contribution in [2.24, 2.45) is 5.10 Å². The third-order valence-electron chi connectivity index (χ3n) is 3.92. The molecule has 0 aromatic heterocycles. The number of hydrogen-bond donors (Lipinski definition) is 1. The molecule has 0 bridgehead atoms. The van der Waals surface area contributed by atoms with Crippen molar-refractivity contribution in [3.8, 4) is 17.2 Å². The summed E-state index contributed by atoms with van der Waals surface area (Å²) in [6.45, 7) is 6.31. The number of carbonyl (C=O) groups is 1. The normalized spacial score (nSPS) is 11.3. The van der Waals surface area contributed by atoms with E-state index in [9.17, 15) is 4.79 Å². The van der Waals surface area contributed by atoms with Gasteiger partial charge in [0, 0.05) is 5.56 Å². The average molecular weight is 370 g/mol. The SMILES string of the molecule is COc1ccc(OC)c(/C=N/NC(=O)COc2ccc(C(C)(C)C)cc2)c1. The van der Waals surface area contributed by atoms with E-state index in [1.165, 1.54) is 11.8 Å². The van der Waals surface area contributed by atoms with Gasteiger partial charge in [0.25, 0.3) is 5.91 Å². The maximum absolute atomic E-state index is 11.9. The van der Waals surface area contributed by atoms with Gasteiger partial charge in [0.05, 0.1) is 20.4 Å². The van der Waals surface area contributed by atoms with E-state index in [1.807, 2.05) is 24.3 Å². The fourth-order valence-corrected chi connectivity index (χ4v) is 2.35. The van der Waals surface area contributed by atoms with Crippen molar-refractivity contribution >= 4 is 12.1 Å². The summed E-state index contributed by atoms with van der Waals surface area (Å²) in [5.41, 5.74) is 4.41. The molecule has 2 rings (SSSR count). The number of carbonyl (C=O) groups excluding carboxylic acids is 1. The number of nitrogens with zero attached hydrogens (tertiary/aromatic N) is 1. The average Bonchev–Trinajstić information content (AvgIpc) is 2.66. The zero-order valence-electron chi connectivity index (χ0n) is 16.4. The molecule has 27 heavy (non-hydrogen) atoms. The minimum atomic E-state index is -0.354. The molecule has 0 fully saturated rings. The lowest BCUT2D eigenvalue weighted by molar-refractivity contribution is -0.123. The molecule has 0 atom stereocenters. The maximum Gasteiger partial charge on any atom is 0.277 e. The summed E-state index contributed by atoms with van der Waals surface area (Å²) in [4.78, 5) is 11.9. The third kappa shape index (κ3) is 6.02. The van der Waals surface area contributed by atoms with Crippen LogP contribution in [0.3, 0.4) is 0 Å². The molecule has 2 aromatic rings. The summed E-state index contributed by atoms with van der Waals surface area (Å²) in [6.07, 6.45) is 1.50. The van der Waals surface area contributed by atoms with Crippen molar-refractivity contribution in [2.45, 2.75) is 26.2 Å². The zero-order valence-corrected chi connectivity index (χ0v) is 16.4. The zero-order chi connectivity index (χ0) is 19.9. The number of hydrazone groups is 1. The van der Waals surface area contributed by atoms with Crippen LogP contribution in [0, 0.1) is 0 Å². The van der Waals surface area contributed by atoms with Gasteiger partial charge in [-0.1, -0.05) is 32.9 Å². The van der Waals surface area contributed by atoms with Gasteiger partial charge in [-0.15, -0.1) is 0 Å². The van der Waals surface area contributed by atoms with Gasteiger partial charge in [-0.05, 0) is 41.3 Å². The first-order chi connectivity index (χ1) is 12.8. The summed E-state index contributed by atoms with van der Waals surface area (Å²) in [5, 5.41) is 3.94. The number of benzene rings is 2. The Morgan fingerprint density at radius 3 is 2.30 bits per heavy atom. The lowest BCUT2D eigenvalue weighted by Gasteiger charge is -2.19. The number of hydrogen-bond acceptors (Lipinski definition) is 5. The summed E-state index contributed by atoms with van der Waals surface area (Å²) in [6, 6.07) is 13.0. The van der Waals surface area contributed by atoms with Crippen LogP contribution in [0.4, 0.5) is 0 Å². The molecular weight excluding hydrogens is 344 g/mol. The number of ether oxygens (including phenoxy) is 3. The second-order valence-corrected chi connectivity index (χ2v) is 6.96. The lowest BCUT2D eigenvalue weighted by Crippen LogP contribution is -2.24. The molecule has 0 saturated carbocycles. The van der Waals surface area contributed by atoms with Gasteiger partial charge < -0.3 is 14.2 Å². The Labute approximate surface area is 160 Å². The topological polar surface area (TPSA) is 69.2 Å². The Hall–Kier alpha value is -3.02. The van der Waals surface area contributed by atoms with E-state index >= 15 is 0 Å². The second-order valence-electron chi connectivity index (χ2n) is 6.96. The van der Waals surface area contributed by atoms with Gasteiger partial charge in [0.2, 0.25) is 0 Å². The summed E-state index contributed by atoms with van der Waals surface area (Å²) < 4.78 is 15.9. The first-order valence-electron chi connectivity index (χ1n) is 8.61. The monoisotopic (exact) mass is 370 g/mol. The van der Waals surface area contributed by atoms with Crippen LogP contribution in [0.15, 0.2) is 47.6 Å². The molecular formula is C21H26N2O4. The minimum absolute atomic E-state index is 0.0752. The minimum Gasteiger partial charge on any atom is -0.497 e. The van der Waals surface area contributed by atoms with E-state index in [-0.39, 0.29) is 17.9 Å². The highest BCUT2D eigenvalue weighted by Gasteiger charge is 2.13. The number of amides is 1. The molecule has 6 heteroatoms. The summed E-state index contributed by atoms with van der Waals surface area (Å²) in [7, 11) is 3.15. The molecule has 0 radical (unpaired) electrons. The van der Waals surface area contributed by atoms with Crippen molar-refractivity contribution in [2.75, 3.05) is 20.8 Å². The van der Waals surface area contributed by atoms with Crippen molar-refractivity contribution in [1.29, 1.82) is 0 Å². The molecule has 1 amide bonds. The Bertz CT molecular complexity index is 793. The number of rotatable bonds is 7. The summed E-state index contributed by atoms with van der Waals surface area (Å²) in [5.74, 6) is 1.58. The summed E-state index contributed by atoms with van der Waals surface area (Å²) >= 11 is 0. The van der Waals surface area contributed by atoms with Crippen LogP contribution in [0.25, 0.3) is 0 Å². The highest BCUT2D eigenvalue weighted by atomic mass is 16.5. The molecule has 6 nitrogen and oxygen atoms in total. The molecule has 0 saturated heterocycles. The van der Waals surface area contributed by atoms with E-state index in [2.05, 4.69) is 31.3 Å². The van der Waals surface area contributed by atoms with Crippen molar-refractivity contribution in [3.05, 3.63) is 53.6 Å². The third-order valence-corrected chi connectivity index (χ3v) is 3.92. The van der Waals surface area contributed by atoms with Crippen LogP contribution in [0.5, 0.6) is 17.2 Å².